The third-order valence-corrected chi connectivity index (χ3v) is 5.39. The maximum Gasteiger partial charge on any atom is 0.125 e. The van der Waals surface area contributed by atoms with Gasteiger partial charge in [0, 0.05) is 28.9 Å². The van der Waals surface area contributed by atoms with E-state index in [-0.39, 0.29) is 12.0 Å². The van der Waals surface area contributed by atoms with Gasteiger partial charge in [0.2, 0.25) is 0 Å². The molecule has 1 N–H and O–H groups in total. The molecule has 2 aromatic heterocycles. The van der Waals surface area contributed by atoms with Crippen molar-refractivity contribution in [2.24, 2.45) is 5.92 Å². The summed E-state index contributed by atoms with van der Waals surface area (Å²) in [6, 6.07) is 8.55. The molecule has 0 saturated carbocycles. The molecule has 2 aliphatic rings. The van der Waals surface area contributed by atoms with E-state index in [1.807, 2.05) is 19.4 Å². The van der Waals surface area contributed by atoms with E-state index in [1.165, 1.54) is 11.1 Å². The predicted molar refractivity (Wildman–Crippen MR) is 89.3 cm³/mol. The Bertz CT molecular complexity index is 933. The Balaban J connectivity index is 1.62. The zero-order chi connectivity index (χ0) is 16.3. The fourth-order valence-corrected chi connectivity index (χ4v) is 4.31. The van der Waals surface area contributed by atoms with Crippen LogP contribution >= 0.6 is 0 Å². The second-order valence-electron chi connectivity index (χ2n) is 6.68. The minimum Gasteiger partial charge on any atom is -0.388 e. The molecule has 1 aliphatic carbocycles. The Morgan fingerprint density at radius 1 is 1.17 bits per heavy atom. The summed E-state index contributed by atoms with van der Waals surface area (Å²) in [7, 11) is 0. The first-order valence-corrected chi connectivity index (χ1v) is 8.35. The van der Waals surface area contributed by atoms with Crippen LogP contribution in [0.5, 0.6) is 0 Å². The highest BCUT2D eigenvalue weighted by Crippen LogP contribution is 2.49. The molecule has 1 unspecified atom stereocenters. The molecule has 0 saturated heterocycles. The lowest BCUT2D eigenvalue weighted by atomic mass is 9.78. The van der Waals surface area contributed by atoms with Gasteiger partial charge in [0.25, 0.3) is 0 Å². The summed E-state index contributed by atoms with van der Waals surface area (Å²) in [6.45, 7) is 1.89. The van der Waals surface area contributed by atoms with Gasteiger partial charge in [-0.3, -0.25) is 0 Å². The van der Waals surface area contributed by atoms with E-state index in [0.717, 1.165) is 35.6 Å². The molecule has 3 atom stereocenters. The molecule has 0 amide bonds. The van der Waals surface area contributed by atoms with E-state index in [9.17, 15) is 5.11 Å². The Morgan fingerprint density at radius 3 is 2.96 bits per heavy atom. The molecule has 1 aromatic carbocycles. The SMILES string of the molecule is Cc1ncc2c(n1)CC[C@@H](C1c3ccccc3-c3cncn31)[C@@H]2O. The highest BCUT2D eigenvalue weighted by molar-refractivity contribution is 5.69. The molecule has 5 rings (SSSR count). The van der Waals surface area contributed by atoms with Crippen LogP contribution in [0.4, 0.5) is 0 Å². The minimum atomic E-state index is -0.555. The molecule has 120 valence electrons. The molecule has 0 bridgehead atoms. The largest absolute Gasteiger partial charge is 0.388 e. The number of hydrogen-bond acceptors (Lipinski definition) is 4. The number of imidazole rings is 1. The number of rotatable bonds is 1. The van der Waals surface area contributed by atoms with Crippen LogP contribution in [-0.2, 0) is 6.42 Å². The second-order valence-corrected chi connectivity index (χ2v) is 6.68. The van der Waals surface area contributed by atoms with E-state index in [4.69, 9.17) is 0 Å². The van der Waals surface area contributed by atoms with E-state index < -0.39 is 6.10 Å². The molecule has 0 fully saturated rings. The standard InChI is InChI=1S/C19H18N4O/c1-11-21-8-15-16(22-11)7-6-14(19(15)24)18-13-5-3-2-4-12(13)17-9-20-10-23(17)18/h2-5,8-10,14,18-19,24H,6-7H2,1H3/t14-,18?,19-/m0/s1. The Hall–Kier alpha value is -2.53. The van der Waals surface area contributed by atoms with E-state index in [0.29, 0.717) is 0 Å². The van der Waals surface area contributed by atoms with Crippen molar-refractivity contribution in [1.82, 2.24) is 19.5 Å². The van der Waals surface area contributed by atoms with Crippen molar-refractivity contribution in [3.05, 3.63) is 65.6 Å². The van der Waals surface area contributed by atoms with Crippen molar-refractivity contribution in [3.63, 3.8) is 0 Å². The Morgan fingerprint density at radius 2 is 2.04 bits per heavy atom. The van der Waals surface area contributed by atoms with Crippen LogP contribution in [-0.4, -0.2) is 24.6 Å². The Kier molecular flexibility index (Phi) is 2.88. The molecule has 5 nitrogen and oxygen atoms in total. The summed E-state index contributed by atoms with van der Waals surface area (Å²) in [5.74, 6) is 0.864. The second kappa shape index (κ2) is 4.98. The normalized spacial score (nSPS) is 24.3. The monoisotopic (exact) mass is 318 g/mol. The topological polar surface area (TPSA) is 63.8 Å². The first-order valence-electron chi connectivity index (χ1n) is 8.35. The van der Waals surface area contributed by atoms with E-state index in [2.05, 4.69) is 43.8 Å². The van der Waals surface area contributed by atoms with Gasteiger partial charge in [-0.2, -0.15) is 0 Å². The quantitative estimate of drug-likeness (QED) is 0.749. The van der Waals surface area contributed by atoms with Gasteiger partial charge in [-0.15, -0.1) is 0 Å². The molecule has 3 heterocycles. The fourth-order valence-electron chi connectivity index (χ4n) is 4.31. The molecule has 24 heavy (non-hydrogen) atoms. The van der Waals surface area contributed by atoms with Gasteiger partial charge < -0.3 is 9.67 Å². The number of aromatic nitrogens is 4. The third-order valence-electron chi connectivity index (χ3n) is 5.39. The highest BCUT2D eigenvalue weighted by atomic mass is 16.3. The van der Waals surface area contributed by atoms with Crippen LogP contribution in [0.25, 0.3) is 11.3 Å². The molecule has 0 radical (unpaired) electrons. The number of nitrogens with zero attached hydrogens (tertiary/aromatic N) is 4. The number of hydrogen-bond donors (Lipinski definition) is 1. The smallest absolute Gasteiger partial charge is 0.125 e. The lowest BCUT2D eigenvalue weighted by molar-refractivity contribution is 0.0705. The van der Waals surface area contributed by atoms with Gasteiger partial charge in [0.1, 0.15) is 5.82 Å². The van der Waals surface area contributed by atoms with Gasteiger partial charge in [-0.05, 0) is 25.3 Å². The number of aryl methyl sites for hydroxylation is 2. The summed E-state index contributed by atoms with van der Waals surface area (Å²) in [5, 5.41) is 11.0. The summed E-state index contributed by atoms with van der Waals surface area (Å²) < 4.78 is 2.21. The van der Waals surface area contributed by atoms with Crippen LogP contribution in [0.15, 0.2) is 43.0 Å². The van der Waals surface area contributed by atoms with Crippen molar-refractivity contribution in [3.8, 4) is 11.3 Å². The lowest BCUT2D eigenvalue weighted by Gasteiger charge is -2.34. The van der Waals surface area contributed by atoms with Gasteiger partial charge in [0.05, 0.1) is 30.4 Å². The number of aliphatic hydroxyl groups excluding tert-OH is 1. The first kappa shape index (κ1) is 13.9. The fraction of sp³-hybridized carbons (Fsp3) is 0.316. The molecular weight excluding hydrogens is 300 g/mol. The maximum absolute atomic E-state index is 11.0. The van der Waals surface area contributed by atoms with E-state index in [1.54, 1.807) is 6.20 Å². The van der Waals surface area contributed by atoms with Crippen molar-refractivity contribution in [2.75, 3.05) is 0 Å². The van der Waals surface area contributed by atoms with Crippen LogP contribution in [0.1, 0.15) is 41.2 Å². The van der Waals surface area contributed by atoms with Crippen molar-refractivity contribution in [2.45, 2.75) is 31.9 Å². The van der Waals surface area contributed by atoms with Crippen LogP contribution < -0.4 is 0 Å². The summed E-state index contributed by atoms with van der Waals surface area (Å²) >= 11 is 0. The zero-order valence-electron chi connectivity index (χ0n) is 13.4. The third kappa shape index (κ3) is 1.82. The number of aliphatic hydroxyl groups is 1. The Labute approximate surface area is 140 Å². The summed E-state index contributed by atoms with van der Waals surface area (Å²) in [4.78, 5) is 13.1. The van der Waals surface area contributed by atoms with Crippen molar-refractivity contribution in [1.29, 1.82) is 0 Å². The average Bonchev–Trinajstić information content (AvgIpc) is 3.16. The van der Waals surface area contributed by atoms with Gasteiger partial charge in [-0.1, -0.05) is 24.3 Å². The molecule has 0 spiro atoms. The van der Waals surface area contributed by atoms with Gasteiger partial charge in [-0.25, -0.2) is 15.0 Å². The highest BCUT2D eigenvalue weighted by Gasteiger charge is 2.40. The molecule has 3 aromatic rings. The molecule has 5 heteroatoms. The number of fused-ring (bicyclic) bond motifs is 4. The van der Waals surface area contributed by atoms with Crippen molar-refractivity contribution >= 4 is 0 Å². The average molecular weight is 318 g/mol. The van der Waals surface area contributed by atoms with E-state index >= 15 is 0 Å². The minimum absolute atomic E-state index is 0.0976. The first-order chi connectivity index (χ1) is 11.7. The lowest BCUT2D eigenvalue weighted by Crippen LogP contribution is -2.29. The molecular formula is C19H18N4O. The summed E-state index contributed by atoms with van der Waals surface area (Å²) in [6.07, 6.45) is 6.82. The zero-order valence-corrected chi connectivity index (χ0v) is 13.4. The van der Waals surface area contributed by atoms with Gasteiger partial charge in [0.15, 0.2) is 0 Å². The summed E-state index contributed by atoms with van der Waals surface area (Å²) in [5.41, 5.74) is 5.49. The number of benzene rings is 1. The van der Waals surface area contributed by atoms with Gasteiger partial charge >= 0.3 is 0 Å². The predicted octanol–water partition coefficient (Wildman–Crippen LogP) is 2.85. The van der Waals surface area contributed by atoms with Crippen LogP contribution in [0.2, 0.25) is 0 Å². The van der Waals surface area contributed by atoms with Crippen molar-refractivity contribution < 1.29 is 5.11 Å². The van der Waals surface area contributed by atoms with Crippen LogP contribution in [0, 0.1) is 12.8 Å². The maximum atomic E-state index is 11.0. The molecule has 1 aliphatic heterocycles. The van der Waals surface area contributed by atoms with Crippen LogP contribution in [0.3, 0.4) is 0 Å².